The molecule has 2 aromatic carbocycles. The Balaban J connectivity index is 1.38. The second kappa shape index (κ2) is 8.91. The van der Waals surface area contributed by atoms with E-state index in [1.54, 1.807) is 6.33 Å². The molecule has 1 amide bonds. The number of fused-ring (bicyclic) bond motifs is 2. The Morgan fingerprint density at radius 3 is 2.86 bits per heavy atom. The van der Waals surface area contributed by atoms with Crippen molar-refractivity contribution < 1.29 is 4.79 Å². The van der Waals surface area contributed by atoms with Crippen LogP contribution in [0.2, 0.25) is 0 Å². The van der Waals surface area contributed by atoms with Crippen LogP contribution in [0.5, 0.6) is 0 Å². The summed E-state index contributed by atoms with van der Waals surface area (Å²) < 4.78 is 2.95. The number of nitrogens with two attached hydrogens (primary N) is 1. The summed E-state index contributed by atoms with van der Waals surface area (Å²) in [6.45, 7) is 1.79. The van der Waals surface area contributed by atoms with Gasteiger partial charge in [0, 0.05) is 0 Å². The molecule has 2 atom stereocenters. The summed E-state index contributed by atoms with van der Waals surface area (Å²) in [7, 11) is 0. The first-order valence-electron chi connectivity index (χ1n) is 11.6. The Morgan fingerprint density at radius 2 is 2.03 bits per heavy atom. The van der Waals surface area contributed by atoms with Gasteiger partial charge in [-0.1, -0.05) is 6.07 Å². The summed E-state index contributed by atoms with van der Waals surface area (Å²) in [4.78, 5) is 30.8. The van der Waals surface area contributed by atoms with Gasteiger partial charge in [0.2, 0.25) is 0 Å². The number of aromatic nitrogens is 6. The molecule has 5 aromatic rings. The van der Waals surface area contributed by atoms with E-state index >= 15 is 0 Å². The summed E-state index contributed by atoms with van der Waals surface area (Å²) in [5.74, 6) is 0.624. The van der Waals surface area contributed by atoms with Crippen LogP contribution in [-0.4, -0.2) is 77.0 Å². The molecule has 9 nitrogen and oxygen atoms in total. The minimum atomic E-state index is -0.309. The Kier molecular flexibility index (Phi) is 5.58. The first kappa shape index (κ1) is 21.9. The van der Waals surface area contributed by atoms with Gasteiger partial charge in [-0.2, -0.15) is 0 Å². The van der Waals surface area contributed by atoms with Gasteiger partial charge < -0.3 is 0 Å². The van der Waals surface area contributed by atoms with E-state index in [4.69, 9.17) is 15.8 Å². The van der Waals surface area contributed by atoms with E-state index < -0.39 is 0 Å². The second-order valence-electron chi connectivity index (χ2n) is 8.97. The van der Waals surface area contributed by atoms with Crippen LogP contribution in [0, 0.1) is 0 Å². The van der Waals surface area contributed by atoms with Gasteiger partial charge in [-0.15, -0.1) is 0 Å². The number of nitrogens with zero attached hydrogens (tertiary/aromatic N) is 6. The fourth-order valence-corrected chi connectivity index (χ4v) is 5.60. The topological polar surface area (TPSA) is 119 Å². The van der Waals surface area contributed by atoms with Gasteiger partial charge in [0.05, 0.1) is 0 Å². The first-order valence-corrected chi connectivity index (χ1v) is 12.8. The van der Waals surface area contributed by atoms with Crippen molar-refractivity contribution in [1.29, 1.82) is 0 Å². The molecule has 0 saturated carbocycles. The summed E-state index contributed by atoms with van der Waals surface area (Å²) >= 11 is 1.44. The zero-order valence-corrected chi connectivity index (χ0v) is 21.5. The maximum atomic E-state index is 11.4. The minimum absolute atomic E-state index is 0.124. The van der Waals surface area contributed by atoms with Crippen molar-refractivity contribution in [3.63, 3.8) is 0 Å². The number of amides is 1. The van der Waals surface area contributed by atoms with Crippen LogP contribution in [0.1, 0.15) is 23.9 Å². The Labute approximate surface area is 210 Å². The Hall–Kier alpha value is -3.55. The van der Waals surface area contributed by atoms with Gasteiger partial charge in [-0.25, -0.2) is 0 Å². The summed E-state index contributed by atoms with van der Waals surface area (Å²) in [5.41, 5.74) is 11.2. The van der Waals surface area contributed by atoms with Crippen molar-refractivity contribution >= 4 is 49.3 Å². The molecule has 0 spiro atoms. The van der Waals surface area contributed by atoms with E-state index in [2.05, 4.69) is 50.2 Å². The fourth-order valence-electron chi connectivity index (χ4n) is 4.91. The molecular formula is C25H25AsN8O. The summed E-state index contributed by atoms with van der Waals surface area (Å²) in [6.07, 6.45) is 3.24. The summed E-state index contributed by atoms with van der Waals surface area (Å²) in [5, 5.41) is 6.01. The molecule has 0 radical (unpaired) electrons. The van der Waals surface area contributed by atoms with Crippen LogP contribution < -0.4 is 10.2 Å². The number of carbonyl (C=O) groups is 1. The number of nitrogens with one attached hydrogen (secondary N) is 1. The number of carbonyl (C=O) groups excluding carboxylic acids is 1. The molecule has 176 valence electrons. The standard InChI is InChI=1S/C25H25AsN8O/c26-24-22-23(32-34(25(22)29-14-28-24)17-8-9-33(12-17)13-20(27)35)16-6-7-18-19(11-16)31-21(30-18)10-15-4-2-1-3-5-15/h1-7,11,14,17H,8-10,12-13,26H2,(H2,27,35)(H,30,31). The van der Waals surface area contributed by atoms with Crippen molar-refractivity contribution in [3.8, 4) is 11.3 Å². The van der Waals surface area contributed by atoms with Crippen LogP contribution in [0.25, 0.3) is 33.3 Å². The molecule has 10 heteroatoms. The van der Waals surface area contributed by atoms with E-state index in [0.29, 0.717) is 6.54 Å². The van der Waals surface area contributed by atoms with E-state index in [1.807, 2.05) is 22.9 Å². The maximum absolute atomic E-state index is 11.4. The molecule has 6 rings (SSSR count). The molecule has 2 unspecified atom stereocenters. The number of likely N-dealkylation sites (tertiary alicyclic amines) is 1. The Bertz CT molecular complexity index is 1540. The van der Waals surface area contributed by atoms with Gasteiger partial charge in [-0.05, 0) is 0 Å². The van der Waals surface area contributed by atoms with Crippen LogP contribution in [0.15, 0.2) is 54.9 Å². The SMILES string of the molecule is NC(=O)CN1CCC(n2nc(-c3ccc4[nH]c(Cc5ccccc5)nc4c3)c3c([AsH2])ncnc32)C1. The fraction of sp³-hybridized carbons (Fsp3) is 0.240. The third-order valence-corrected chi connectivity index (χ3v) is 7.43. The molecule has 0 bridgehead atoms. The van der Waals surface area contributed by atoms with Gasteiger partial charge in [0.1, 0.15) is 0 Å². The predicted octanol–water partition coefficient (Wildman–Crippen LogP) is 0.951. The van der Waals surface area contributed by atoms with Crippen LogP contribution >= 0.6 is 0 Å². The number of aromatic amines is 1. The zero-order chi connectivity index (χ0) is 23.9. The Morgan fingerprint density at radius 1 is 1.17 bits per heavy atom. The number of H-pyrrole nitrogens is 1. The van der Waals surface area contributed by atoms with E-state index in [9.17, 15) is 4.79 Å². The summed E-state index contributed by atoms with van der Waals surface area (Å²) in [6, 6.07) is 16.7. The van der Waals surface area contributed by atoms with Crippen LogP contribution in [0.3, 0.4) is 0 Å². The quantitative estimate of drug-likeness (QED) is 0.317. The van der Waals surface area contributed by atoms with Crippen LogP contribution in [-0.2, 0) is 11.2 Å². The zero-order valence-electron chi connectivity index (χ0n) is 19.1. The molecule has 0 aliphatic carbocycles. The first-order chi connectivity index (χ1) is 17.0. The third-order valence-electron chi connectivity index (χ3n) is 6.51. The van der Waals surface area contributed by atoms with Gasteiger partial charge in [0.25, 0.3) is 0 Å². The van der Waals surface area contributed by atoms with E-state index in [-0.39, 0.29) is 18.5 Å². The number of hydrogen-bond acceptors (Lipinski definition) is 6. The average Bonchev–Trinajstić information content (AvgIpc) is 3.56. The van der Waals surface area contributed by atoms with Crippen molar-refractivity contribution in [2.45, 2.75) is 18.9 Å². The van der Waals surface area contributed by atoms with Gasteiger partial charge in [0.15, 0.2) is 0 Å². The molecule has 1 fully saturated rings. The van der Waals surface area contributed by atoms with Gasteiger partial charge >= 0.3 is 204 Å². The number of primary amides is 1. The van der Waals surface area contributed by atoms with Crippen molar-refractivity contribution in [1.82, 2.24) is 34.6 Å². The molecule has 1 aliphatic heterocycles. The predicted molar refractivity (Wildman–Crippen MR) is 137 cm³/mol. The molecule has 4 heterocycles. The van der Waals surface area contributed by atoms with Crippen molar-refractivity contribution in [2.24, 2.45) is 5.73 Å². The third kappa shape index (κ3) is 4.22. The number of hydrogen-bond donors (Lipinski definition) is 2. The van der Waals surface area contributed by atoms with Crippen molar-refractivity contribution in [3.05, 3.63) is 66.2 Å². The molecule has 1 saturated heterocycles. The van der Waals surface area contributed by atoms with Crippen molar-refractivity contribution in [2.75, 3.05) is 19.6 Å². The van der Waals surface area contributed by atoms with E-state index in [0.717, 1.165) is 63.0 Å². The van der Waals surface area contributed by atoms with Crippen LogP contribution in [0.4, 0.5) is 0 Å². The average molecular weight is 528 g/mol. The second-order valence-corrected chi connectivity index (χ2v) is 10.1. The monoisotopic (exact) mass is 528 g/mol. The van der Waals surface area contributed by atoms with E-state index in [1.165, 1.54) is 22.4 Å². The normalized spacial score (nSPS) is 16.4. The molecule has 1 aliphatic rings. The molecular weight excluding hydrogens is 503 g/mol. The number of benzene rings is 2. The van der Waals surface area contributed by atoms with Gasteiger partial charge in [-0.3, -0.25) is 0 Å². The molecule has 3 aromatic heterocycles. The number of imidazole rings is 1. The molecule has 35 heavy (non-hydrogen) atoms. The number of rotatable bonds is 6. The molecule has 3 N–H and O–H groups in total.